The van der Waals surface area contributed by atoms with E-state index in [0.717, 1.165) is 11.2 Å². The van der Waals surface area contributed by atoms with Crippen molar-refractivity contribution in [3.05, 3.63) is 70.8 Å². The number of hydrogen-bond acceptors (Lipinski definition) is 1. The molecule has 1 fully saturated rings. The fourth-order valence-electron chi connectivity index (χ4n) is 7.44. The average molecular weight is 486 g/mol. The zero-order valence-electron chi connectivity index (χ0n) is 23.7. The molecule has 3 heteroatoms. The van der Waals surface area contributed by atoms with Crippen molar-refractivity contribution in [2.75, 3.05) is 0 Å². The second-order valence-corrected chi connectivity index (χ2v) is 14.4. The Labute approximate surface area is 223 Å². The van der Waals surface area contributed by atoms with Crippen LogP contribution in [0.4, 0.5) is 0 Å². The first-order valence-electron chi connectivity index (χ1n) is 13.7. The Morgan fingerprint density at radius 1 is 0.676 bits per heavy atom. The van der Waals surface area contributed by atoms with Gasteiger partial charge in [0, 0.05) is 19.2 Å². The summed E-state index contributed by atoms with van der Waals surface area (Å²) in [7, 11) is 0. The predicted molar refractivity (Wildman–Crippen MR) is 159 cm³/mol. The second-order valence-electron chi connectivity index (χ2n) is 14.4. The minimum atomic E-state index is 0. The summed E-state index contributed by atoms with van der Waals surface area (Å²) >= 11 is 0. The first kappa shape index (κ1) is 24.5. The Balaban J connectivity index is 0.00000252. The molecule has 2 aliphatic rings. The molecule has 2 aliphatic carbocycles. The number of benzene rings is 3. The zero-order chi connectivity index (χ0) is 25.4. The third-order valence-corrected chi connectivity index (χ3v) is 9.62. The van der Waals surface area contributed by atoms with Gasteiger partial charge in [-0.25, -0.2) is 4.98 Å². The van der Waals surface area contributed by atoms with E-state index in [1.807, 2.05) is 0 Å². The molecule has 0 aliphatic heterocycles. The molecule has 0 N–H and O–H groups in total. The number of imidazole rings is 1. The van der Waals surface area contributed by atoms with E-state index in [9.17, 15) is 0 Å². The van der Waals surface area contributed by atoms with Crippen LogP contribution < -0.4 is 0 Å². The molecule has 7 rings (SSSR count). The number of fused-ring (bicyclic) bond motifs is 13. The Morgan fingerprint density at radius 3 is 1.86 bits per heavy atom. The predicted octanol–water partition coefficient (Wildman–Crippen LogP) is 8.72. The molecule has 0 amide bonds. The van der Waals surface area contributed by atoms with Crippen molar-refractivity contribution in [1.29, 1.82) is 0 Å². The second kappa shape index (κ2) is 7.19. The molecule has 0 spiro atoms. The maximum Gasteiger partial charge on any atom is 0.146 e. The molecule has 3 aromatic carbocycles. The summed E-state index contributed by atoms with van der Waals surface area (Å²) in [4.78, 5) is 5.33. The van der Waals surface area contributed by atoms with Crippen LogP contribution in [0.25, 0.3) is 38.4 Å². The maximum absolute atomic E-state index is 5.33. The molecule has 2 bridgehead atoms. The minimum Gasteiger partial charge on any atom is -0.292 e. The van der Waals surface area contributed by atoms with Gasteiger partial charge >= 0.3 is 0 Å². The SMILES string of the molecule is CC(C)(C)c1ccc2c(c1)c1cc(C(C)(C)C)ccc1n1c3cc4c(cc3nc21)C1(C)CCC4(C)C1.[B]. The van der Waals surface area contributed by atoms with Gasteiger partial charge in [0.1, 0.15) is 5.65 Å². The zero-order valence-corrected chi connectivity index (χ0v) is 23.7. The van der Waals surface area contributed by atoms with E-state index in [4.69, 9.17) is 4.98 Å². The van der Waals surface area contributed by atoms with Crippen LogP contribution in [0.2, 0.25) is 0 Å². The topological polar surface area (TPSA) is 17.3 Å². The molecule has 37 heavy (non-hydrogen) atoms. The van der Waals surface area contributed by atoms with E-state index >= 15 is 0 Å². The lowest BCUT2D eigenvalue weighted by Crippen LogP contribution is -2.17. The van der Waals surface area contributed by atoms with Crippen LogP contribution >= 0.6 is 0 Å². The molecular formula is C34H38BN2. The summed E-state index contributed by atoms with van der Waals surface area (Å²) in [5.74, 6) is 0. The third kappa shape index (κ3) is 3.22. The monoisotopic (exact) mass is 485 g/mol. The highest BCUT2D eigenvalue weighted by atomic mass is 15.0. The number of nitrogens with zero attached hydrogens (tertiary/aromatic N) is 2. The molecule has 0 saturated heterocycles. The maximum atomic E-state index is 5.33. The van der Waals surface area contributed by atoms with Crippen molar-refractivity contribution in [3.63, 3.8) is 0 Å². The first-order valence-corrected chi connectivity index (χ1v) is 13.7. The van der Waals surface area contributed by atoms with Crippen molar-refractivity contribution in [1.82, 2.24) is 9.38 Å². The molecule has 187 valence electrons. The molecule has 2 atom stereocenters. The van der Waals surface area contributed by atoms with E-state index in [1.165, 1.54) is 57.6 Å². The molecule has 2 heterocycles. The van der Waals surface area contributed by atoms with Gasteiger partial charge in [-0.15, -0.1) is 0 Å². The first-order chi connectivity index (χ1) is 16.8. The number of rotatable bonds is 0. The largest absolute Gasteiger partial charge is 0.292 e. The number of pyridine rings is 1. The van der Waals surface area contributed by atoms with E-state index in [-0.39, 0.29) is 19.2 Å². The standard InChI is InChI=1S/C34H38N2.B/c1-31(2,3)20-9-11-22-23(15-20)24-16-21(32(4,5)6)10-12-28(24)36-29-18-26-25(17-27(29)35-30(22)36)33(7)13-14-34(26,8)19-33;/h9-12,15-18H,13-14,19H2,1-8H3;. The van der Waals surface area contributed by atoms with Gasteiger partial charge in [-0.3, -0.25) is 4.40 Å². The lowest BCUT2D eigenvalue weighted by Gasteiger charge is -2.27. The highest BCUT2D eigenvalue weighted by molar-refractivity contribution is 6.14. The lowest BCUT2D eigenvalue weighted by molar-refractivity contribution is 0.484. The highest BCUT2D eigenvalue weighted by Gasteiger charge is 2.53. The van der Waals surface area contributed by atoms with Gasteiger partial charge in [0.15, 0.2) is 0 Å². The number of hydrogen-bond donors (Lipinski definition) is 0. The quantitative estimate of drug-likeness (QED) is 0.158. The molecular weight excluding hydrogens is 447 g/mol. The van der Waals surface area contributed by atoms with Crippen molar-refractivity contribution < 1.29 is 0 Å². The molecule has 2 unspecified atom stereocenters. The smallest absolute Gasteiger partial charge is 0.146 e. The fraction of sp³-hybridized carbons (Fsp3) is 0.441. The van der Waals surface area contributed by atoms with Crippen LogP contribution in [-0.4, -0.2) is 17.8 Å². The Morgan fingerprint density at radius 2 is 1.24 bits per heavy atom. The van der Waals surface area contributed by atoms with Gasteiger partial charge in [-0.05, 0) is 98.9 Å². The van der Waals surface area contributed by atoms with Gasteiger partial charge in [0.2, 0.25) is 0 Å². The van der Waals surface area contributed by atoms with Gasteiger partial charge < -0.3 is 0 Å². The van der Waals surface area contributed by atoms with E-state index < -0.39 is 0 Å². The average Bonchev–Trinajstić information content (AvgIpc) is 3.41. The van der Waals surface area contributed by atoms with Crippen LogP contribution in [0.1, 0.15) is 96.9 Å². The van der Waals surface area contributed by atoms with Crippen molar-refractivity contribution in [2.24, 2.45) is 0 Å². The Hall–Kier alpha value is -2.81. The molecule has 2 nitrogen and oxygen atoms in total. The summed E-state index contributed by atoms with van der Waals surface area (Å²) in [6.45, 7) is 18.8. The fourth-order valence-corrected chi connectivity index (χ4v) is 7.44. The summed E-state index contributed by atoms with van der Waals surface area (Å²) < 4.78 is 2.45. The van der Waals surface area contributed by atoms with Crippen LogP contribution in [0, 0.1) is 0 Å². The lowest BCUT2D eigenvalue weighted by atomic mass is 9.78. The van der Waals surface area contributed by atoms with Gasteiger partial charge in [0.25, 0.3) is 0 Å². The van der Waals surface area contributed by atoms with Crippen LogP contribution in [-0.2, 0) is 21.7 Å². The summed E-state index contributed by atoms with van der Waals surface area (Å²) in [6, 6.07) is 19.1. The normalized spacial score (nSPS) is 23.4. The summed E-state index contributed by atoms with van der Waals surface area (Å²) in [5.41, 5.74) is 11.4. The van der Waals surface area contributed by atoms with Gasteiger partial charge in [-0.1, -0.05) is 73.6 Å². The van der Waals surface area contributed by atoms with Crippen LogP contribution in [0.5, 0.6) is 0 Å². The van der Waals surface area contributed by atoms with Crippen LogP contribution in [0.3, 0.4) is 0 Å². The summed E-state index contributed by atoms with van der Waals surface area (Å²) in [5, 5.41) is 3.90. The Bertz CT molecular complexity index is 1760. The van der Waals surface area contributed by atoms with E-state index in [2.05, 4.69) is 108 Å². The minimum absolute atomic E-state index is 0. The molecule has 5 aromatic rings. The highest BCUT2D eigenvalue weighted by Crippen LogP contribution is 2.61. The van der Waals surface area contributed by atoms with Crippen molar-refractivity contribution in [3.8, 4) is 0 Å². The van der Waals surface area contributed by atoms with Crippen molar-refractivity contribution in [2.45, 2.75) is 96.3 Å². The molecule has 3 radical (unpaired) electrons. The number of aromatic nitrogens is 2. The van der Waals surface area contributed by atoms with Crippen molar-refractivity contribution >= 4 is 46.8 Å². The third-order valence-electron chi connectivity index (χ3n) is 9.62. The molecule has 1 saturated carbocycles. The van der Waals surface area contributed by atoms with Crippen LogP contribution in [0.15, 0.2) is 48.5 Å². The van der Waals surface area contributed by atoms with Gasteiger partial charge in [0.05, 0.1) is 16.6 Å². The van der Waals surface area contributed by atoms with E-state index in [1.54, 1.807) is 11.1 Å². The van der Waals surface area contributed by atoms with Gasteiger partial charge in [-0.2, -0.15) is 0 Å². The summed E-state index contributed by atoms with van der Waals surface area (Å²) in [6.07, 6.45) is 3.87. The molecule has 2 aromatic heterocycles. The van der Waals surface area contributed by atoms with E-state index in [0.29, 0.717) is 10.8 Å². The Kier molecular flexibility index (Phi) is 4.76.